The van der Waals surface area contributed by atoms with Crippen molar-refractivity contribution in [3.05, 3.63) is 41.0 Å². The van der Waals surface area contributed by atoms with Gasteiger partial charge in [-0.25, -0.2) is 0 Å². The molecule has 3 fully saturated rings. The minimum absolute atomic E-state index is 0.0761. The monoisotopic (exact) mass is 551 g/mol. The fourth-order valence-electron chi connectivity index (χ4n) is 6.75. The quantitative estimate of drug-likeness (QED) is 0.559. The van der Waals surface area contributed by atoms with Crippen LogP contribution in [0.5, 0.6) is 0 Å². The molecule has 0 radical (unpaired) electrons. The van der Waals surface area contributed by atoms with Crippen LogP contribution in [-0.2, 0) is 23.1 Å². The number of likely N-dealkylation sites (tertiary alicyclic amines) is 1. The molecule has 4 aliphatic rings. The van der Waals surface area contributed by atoms with Crippen molar-refractivity contribution in [3.8, 4) is 0 Å². The van der Waals surface area contributed by atoms with Crippen LogP contribution in [0, 0.1) is 17.8 Å². The van der Waals surface area contributed by atoms with E-state index in [9.17, 15) is 34.8 Å². The summed E-state index contributed by atoms with van der Waals surface area (Å²) in [7, 11) is -4.22. The summed E-state index contributed by atoms with van der Waals surface area (Å²) < 4.78 is 106. The average molecular weight is 552 g/mol. The van der Waals surface area contributed by atoms with Gasteiger partial charge < -0.3 is 0 Å². The zero-order valence-corrected chi connectivity index (χ0v) is 21.1. The molecular weight excluding hydrogens is 520 g/mol. The van der Waals surface area contributed by atoms with E-state index in [2.05, 4.69) is 4.72 Å². The number of hydrogen-bond acceptors (Lipinski definition) is 3. The van der Waals surface area contributed by atoms with Crippen LogP contribution < -0.4 is 4.72 Å². The van der Waals surface area contributed by atoms with Crippen molar-refractivity contribution < 1.29 is 34.8 Å². The average Bonchev–Trinajstić information content (AvgIpc) is 3.17. The van der Waals surface area contributed by atoms with Crippen molar-refractivity contribution in [1.82, 2.24) is 13.9 Å². The molecule has 2 heterocycles. The summed E-state index contributed by atoms with van der Waals surface area (Å²) in [5.41, 5.74) is 2.21. The van der Waals surface area contributed by atoms with Crippen molar-refractivity contribution >= 4 is 16.3 Å². The molecular formula is C25H31F6N3O2S. The first kappa shape index (κ1) is 27.0. The molecule has 1 spiro atoms. The lowest BCUT2D eigenvalue weighted by Crippen LogP contribution is -2.52. The smallest absolute Gasteiger partial charge is 0.300 e. The first-order valence-corrected chi connectivity index (χ1v) is 14.1. The lowest BCUT2D eigenvalue weighted by molar-refractivity contribution is -0.184. The Bertz CT molecular complexity index is 1140. The molecule has 1 aromatic carbocycles. The molecule has 206 valence electrons. The Morgan fingerprint density at radius 1 is 0.973 bits per heavy atom. The minimum atomic E-state index is -4.61. The Balaban J connectivity index is 1.26. The summed E-state index contributed by atoms with van der Waals surface area (Å²) in [5.74, 6) is -1.39. The van der Waals surface area contributed by atoms with Crippen molar-refractivity contribution in [2.75, 3.05) is 32.7 Å². The summed E-state index contributed by atoms with van der Waals surface area (Å²) in [4.78, 5) is 2.00. The van der Waals surface area contributed by atoms with Gasteiger partial charge in [0.1, 0.15) is 6.54 Å². The van der Waals surface area contributed by atoms with Crippen molar-refractivity contribution in [2.45, 2.75) is 56.4 Å². The van der Waals surface area contributed by atoms with Crippen LogP contribution in [0.25, 0.3) is 6.08 Å². The van der Waals surface area contributed by atoms with Crippen LogP contribution in [-0.4, -0.2) is 68.2 Å². The number of alkyl halides is 6. The SMILES string of the molecule is O=S1(=O)N[C@@]2(CN1CC(F)(F)F)[C@@H]1CC[C@H]2Cc2ccc(/C=C/CN3CCC(C(F)(F)F)CC3)cc2C1. The van der Waals surface area contributed by atoms with Gasteiger partial charge in [0.25, 0.3) is 10.2 Å². The van der Waals surface area contributed by atoms with Crippen LogP contribution in [0.3, 0.4) is 0 Å². The number of fused-ring (bicyclic) bond motifs is 1. The molecule has 0 aromatic heterocycles. The molecule has 5 nitrogen and oxygen atoms in total. The topological polar surface area (TPSA) is 52.7 Å². The van der Waals surface area contributed by atoms with Crippen LogP contribution in [0.1, 0.15) is 42.4 Å². The lowest BCUT2D eigenvalue weighted by atomic mass is 9.79. The van der Waals surface area contributed by atoms with Gasteiger partial charge in [0.2, 0.25) is 0 Å². The molecule has 2 aliphatic heterocycles. The summed E-state index contributed by atoms with van der Waals surface area (Å²) >= 11 is 0. The van der Waals surface area contributed by atoms with Crippen molar-refractivity contribution in [1.29, 1.82) is 0 Å². The van der Waals surface area contributed by atoms with Gasteiger partial charge in [-0.2, -0.15) is 43.8 Å². The van der Waals surface area contributed by atoms with Gasteiger partial charge in [0.05, 0.1) is 11.5 Å². The van der Waals surface area contributed by atoms with Crippen molar-refractivity contribution in [2.24, 2.45) is 17.8 Å². The van der Waals surface area contributed by atoms with Gasteiger partial charge in [-0.15, -0.1) is 0 Å². The molecule has 37 heavy (non-hydrogen) atoms. The molecule has 0 amide bonds. The zero-order chi connectivity index (χ0) is 26.6. The summed E-state index contributed by atoms with van der Waals surface area (Å²) in [6.07, 6.45) is -1.92. The number of piperidine rings is 1. The van der Waals surface area contributed by atoms with Crippen molar-refractivity contribution in [3.63, 3.8) is 0 Å². The third-order valence-corrected chi connectivity index (χ3v) is 10.2. The van der Waals surface area contributed by atoms with Gasteiger partial charge >= 0.3 is 12.4 Å². The Kier molecular flexibility index (Phi) is 6.94. The van der Waals surface area contributed by atoms with Crippen LogP contribution >= 0.6 is 0 Å². The highest BCUT2D eigenvalue weighted by Gasteiger charge is 2.60. The Labute approximate surface area is 213 Å². The maximum atomic E-state index is 13.1. The van der Waals surface area contributed by atoms with E-state index in [1.807, 2.05) is 35.3 Å². The normalized spacial score (nSPS) is 31.3. The van der Waals surface area contributed by atoms with Crippen LogP contribution in [0.2, 0.25) is 0 Å². The third kappa shape index (κ3) is 5.58. The van der Waals surface area contributed by atoms with Gasteiger partial charge in [-0.05, 0) is 80.1 Å². The fourth-order valence-corrected chi connectivity index (χ4v) is 8.46. The Hall–Kier alpha value is -1.63. The first-order chi connectivity index (χ1) is 17.3. The van der Waals surface area contributed by atoms with E-state index in [1.54, 1.807) is 0 Å². The van der Waals surface area contributed by atoms with Crippen LogP contribution in [0.15, 0.2) is 24.3 Å². The second-order valence-electron chi connectivity index (χ2n) is 11.0. The predicted octanol–water partition coefficient (Wildman–Crippen LogP) is 4.55. The molecule has 12 heteroatoms. The van der Waals surface area contributed by atoms with Gasteiger partial charge in [-0.3, -0.25) is 4.90 Å². The molecule has 2 bridgehead atoms. The highest BCUT2D eigenvalue weighted by molar-refractivity contribution is 7.87. The zero-order valence-electron chi connectivity index (χ0n) is 20.3. The molecule has 1 aromatic rings. The van der Waals surface area contributed by atoms with E-state index in [1.165, 1.54) is 0 Å². The minimum Gasteiger partial charge on any atom is -0.300 e. The van der Waals surface area contributed by atoms with E-state index >= 15 is 0 Å². The van der Waals surface area contributed by atoms with E-state index in [0.717, 1.165) is 29.5 Å². The first-order valence-electron chi connectivity index (χ1n) is 12.7. The predicted molar refractivity (Wildman–Crippen MR) is 127 cm³/mol. The molecule has 5 rings (SSSR count). The molecule has 1 saturated carbocycles. The molecule has 2 aliphatic carbocycles. The third-order valence-electron chi connectivity index (χ3n) is 8.66. The maximum Gasteiger partial charge on any atom is 0.402 e. The maximum absolute atomic E-state index is 13.1. The summed E-state index contributed by atoms with van der Waals surface area (Å²) in [5, 5.41) is 0. The Morgan fingerprint density at radius 2 is 1.62 bits per heavy atom. The van der Waals surface area contributed by atoms with E-state index in [-0.39, 0.29) is 31.2 Å². The molecule has 3 atom stereocenters. The highest BCUT2D eigenvalue weighted by atomic mass is 32.2. The van der Waals surface area contributed by atoms with Gasteiger partial charge in [0, 0.05) is 13.1 Å². The van der Waals surface area contributed by atoms with Gasteiger partial charge in [-0.1, -0.05) is 30.4 Å². The number of nitrogens with zero attached hydrogens (tertiary/aromatic N) is 2. The molecule has 2 saturated heterocycles. The number of nitrogens with one attached hydrogen (secondary N) is 1. The van der Waals surface area contributed by atoms with E-state index in [0.29, 0.717) is 36.8 Å². The van der Waals surface area contributed by atoms with Gasteiger partial charge in [0.15, 0.2) is 0 Å². The second-order valence-corrected chi connectivity index (χ2v) is 12.6. The standard InChI is InChI=1S/C25H31F6N3O2S/c26-24(27,28)16-34-15-23(32-37(34,35)36)21-5-6-22(23)14-19-12-17(3-4-18(19)13-21)2-1-9-33-10-7-20(8-11-33)25(29,30)31/h1-4,12,20-22,32H,5-11,13-16H2/b2-1+/t21-,22+,23+/m0/s1. The Morgan fingerprint density at radius 3 is 2.24 bits per heavy atom. The number of halogens is 6. The van der Waals surface area contributed by atoms with E-state index < -0.39 is 40.6 Å². The largest absolute Gasteiger partial charge is 0.402 e. The van der Waals surface area contributed by atoms with E-state index in [4.69, 9.17) is 0 Å². The molecule has 1 N–H and O–H groups in total. The lowest BCUT2D eigenvalue weighted by Gasteiger charge is -2.33. The summed E-state index contributed by atoms with van der Waals surface area (Å²) in [6, 6.07) is 6.02. The number of benzene rings is 1. The number of rotatable bonds is 4. The number of hydrogen-bond donors (Lipinski definition) is 1. The highest BCUT2D eigenvalue weighted by Crippen LogP contribution is 2.50. The molecule has 0 unspecified atom stereocenters. The fraction of sp³-hybridized carbons (Fsp3) is 0.680. The summed E-state index contributed by atoms with van der Waals surface area (Å²) in [6.45, 7) is -0.280. The van der Waals surface area contributed by atoms with Crippen LogP contribution in [0.4, 0.5) is 26.3 Å². The second kappa shape index (κ2) is 9.53.